The van der Waals surface area contributed by atoms with Gasteiger partial charge in [-0.05, 0) is 46.3 Å². The Morgan fingerprint density at radius 3 is 2.86 bits per heavy atom. The topological polar surface area (TPSA) is 81.2 Å². The summed E-state index contributed by atoms with van der Waals surface area (Å²) in [6.07, 6.45) is 0. The van der Waals surface area contributed by atoms with E-state index >= 15 is 0 Å². The highest BCUT2D eigenvalue weighted by Crippen LogP contribution is 2.23. The molecule has 5 nitrogen and oxygen atoms in total. The van der Waals surface area contributed by atoms with Crippen LogP contribution in [0.4, 0.5) is 5.82 Å². The number of carbonyl (C=O) groups excluding carboxylic acids is 1. The van der Waals surface area contributed by atoms with Crippen molar-refractivity contribution >= 4 is 38.6 Å². The lowest BCUT2D eigenvalue weighted by molar-refractivity contribution is 0.0972. The van der Waals surface area contributed by atoms with Crippen molar-refractivity contribution in [1.29, 1.82) is 0 Å². The molecule has 21 heavy (non-hydrogen) atoms. The van der Waals surface area contributed by atoms with E-state index in [1.807, 2.05) is 30.3 Å². The molecule has 0 fully saturated rings. The highest BCUT2D eigenvalue weighted by Gasteiger charge is 2.07. The average Bonchev–Trinajstić information content (AvgIpc) is 2.95. The van der Waals surface area contributed by atoms with Gasteiger partial charge in [0, 0.05) is 9.86 Å². The van der Waals surface area contributed by atoms with E-state index in [-0.39, 0.29) is 5.76 Å². The normalized spacial score (nSPS) is 10.7. The van der Waals surface area contributed by atoms with Crippen LogP contribution in [-0.4, -0.2) is 10.9 Å². The highest BCUT2D eigenvalue weighted by atomic mass is 79.9. The number of primary amides is 1. The van der Waals surface area contributed by atoms with Crippen LogP contribution in [0.3, 0.4) is 0 Å². The van der Waals surface area contributed by atoms with Gasteiger partial charge in [0.05, 0.1) is 12.1 Å². The van der Waals surface area contributed by atoms with E-state index in [0.717, 1.165) is 21.2 Å². The molecule has 0 aliphatic rings. The summed E-state index contributed by atoms with van der Waals surface area (Å²) < 4.78 is 6.25. The minimum Gasteiger partial charge on any atom is -0.454 e. The van der Waals surface area contributed by atoms with Crippen LogP contribution >= 0.6 is 15.9 Å². The van der Waals surface area contributed by atoms with Gasteiger partial charge in [-0.3, -0.25) is 4.79 Å². The van der Waals surface area contributed by atoms with Crippen LogP contribution < -0.4 is 11.1 Å². The number of hydrogen-bond acceptors (Lipinski definition) is 4. The zero-order valence-electron chi connectivity index (χ0n) is 11.0. The molecule has 0 aliphatic carbocycles. The smallest absolute Gasteiger partial charge is 0.284 e. The lowest BCUT2D eigenvalue weighted by atomic mass is 10.2. The molecule has 0 atom stereocenters. The maximum absolute atomic E-state index is 11.0. The summed E-state index contributed by atoms with van der Waals surface area (Å²) >= 11 is 3.49. The van der Waals surface area contributed by atoms with Crippen molar-refractivity contribution < 1.29 is 9.21 Å². The Labute approximate surface area is 129 Å². The second-order valence-corrected chi connectivity index (χ2v) is 5.35. The summed E-state index contributed by atoms with van der Waals surface area (Å²) in [4.78, 5) is 15.5. The molecular weight excluding hydrogens is 334 g/mol. The Hall–Kier alpha value is -2.34. The molecule has 0 spiro atoms. The number of aromatic nitrogens is 1. The van der Waals surface area contributed by atoms with Gasteiger partial charge in [0.25, 0.3) is 5.91 Å². The lowest BCUT2D eigenvalue weighted by Gasteiger charge is -2.06. The molecule has 2 heterocycles. The molecule has 2 aromatic heterocycles. The van der Waals surface area contributed by atoms with Crippen molar-refractivity contribution in [2.75, 3.05) is 5.32 Å². The summed E-state index contributed by atoms with van der Waals surface area (Å²) in [5.41, 5.74) is 6.03. The van der Waals surface area contributed by atoms with Gasteiger partial charge in [-0.15, -0.1) is 0 Å². The fourth-order valence-corrected chi connectivity index (χ4v) is 2.46. The Bertz CT molecular complexity index is 814. The maximum Gasteiger partial charge on any atom is 0.284 e. The number of halogens is 1. The Balaban J connectivity index is 1.78. The van der Waals surface area contributed by atoms with E-state index in [2.05, 4.69) is 26.2 Å². The Morgan fingerprint density at radius 2 is 2.10 bits per heavy atom. The van der Waals surface area contributed by atoms with E-state index in [1.54, 1.807) is 12.1 Å². The molecule has 3 rings (SSSR count). The van der Waals surface area contributed by atoms with Crippen LogP contribution in [0.1, 0.15) is 16.3 Å². The highest BCUT2D eigenvalue weighted by molar-refractivity contribution is 9.10. The number of hydrogen-bond donors (Lipinski definition) is 2. The molecule has 0 aliphatic heterocycles. The minimum atomic E-state index is -0.575. The number of furan rings is 1. The van der Waals surface area contributed by atoms with Crippen LogP contribution in [0, 0.1) is 0 Å². The number of amides is 1. The predicted octanol–water partition coefficient (Wildman–Crippen LogP) is 3.30. The number of nitrogens with one attached hydrogen (secondary N) is 1. The van der Waals surface area contributed by atoms with Crippen LogP contribution in [-0.2, 0) is 6.54 Å². The summed E-state index contributed by atoms with van der Waals surface area (Å²) in [7, 11) is 0. The second-order valence-electron chi connectivity index (χ2n) is 4.49. The van der Waals surface area contributed by atoms with Crippen molar-refractivity contribution in [2.45, 2.75) is 6.54 Å². The molecule has 3 aromatic rings. The number of benzene rings is 1. The standard InChI is InChI=1S/C15H12BrN3O2/c16-11-3-1-2-9-4-7-13(19-14(9)11)18-8-10-5-6-12(21-10)15(17)20/h1-7H,8H2,(H2,17,20)(H,18,19). The molecule has 0 saturated carbocycles. The van der Waals surface area contributed by atoms with Crippen LogP contribution in [0.2, 0.25) is 0 Å². The molecule has 6 heteroatoms. The average molecular weight is 346 g/mol. The quantitative estimate of drug-likeness (QED) is 0.760. The van der Waals surface area contributed by atoms with Crippen molar-refractivity contribution in [3.63, 3.8) is 0 Å². The second kappa shape index (κ2) is 5.57. The first-order valence-electron chi connectivity index (χ1n) is 6.31. The first-order valence-corrected chi connectivity index (χ1v) is 7.10. The Kier molecular flexibility index (Phi) is 3.62. The van der Waals surface area contributed by atoms with Gasteiger partial charge in [0.1, 0.15) is 11.6 Å². The molecule has 1 aromatic carbocycles. The fraction of sp³-hybridized carbons (Fsp3) is 0.0667. The lowest BCUT2D eigenvalue weighted by Crippen LogP contribution is -2.09. The number of carbonyl (C=O) groups is 1. The first kappa shape index (κ1) is 13.6. The number of fused-ring (bicyclic) bond motifs is 1. The molecule has 106 valence electrons. The fourth-order valence-electron chi connectivity index (χ4n) is 1.99. The van der Waals surface area contributed by atoms with E-state index in [9.17, 15) is 4.79 Å². The zero-order chi connectivity index (χ0) is 14.8. The first-order chi connectivity index (χ1) is 10.1. The largest absolute Gasteiger partial charge is 0.454 e. The van der Waals surface area contributed by atoms with Crippen LogP contribution in [0.25, 0.3) is 10.9 Å². The molecule has 0 radical (unpaired) electrons. The van der Waals surface area contributed by atoms with Crippen molar-refractivity contribution in [3.05, 3.63) is 58.5 Å². The molecule has 0 bridgehead atoms. The number of anilines is 1. The molecule has 0 saturated heterocycles. The van der Waals surface area contributed by atoms with Crippen molar-refractivity contribution in [1.82, 2.24) is 4.98 Å². The molecule has 1 amide bonds. The van der Waals surface area contributed by atoms with E-state index in [4.69, 9.17) is 10.2 Å². The van der Waals surface area contributed by atoms with E-state index in [1.165, 1.54) is 0 Å². The van der Waals surface area contributed by atoms with E-state index in [0.29, 0.717) is 12.3 Å². The maximum atomic E-state index is 11.0. The monoisotopic (exact) mass is 345 g/mol. The molecular formula is C15H12BrN3O2. The number of pyridine rings is 1. The van der Waals surface area contributed by atoms with Gasteiger partial charge in [-0.2, -0.15) is 0 Å². The molecule has 3 N–H and O–H groups in total. The summed E-state index contributed by atoms with van der Waals surface area (Å²) in [5.74, 6) is 0.930. The zero-order valence-corrected chi connectivity index (χ0v) is 12.6. The third kappa shape index (κ3) is 2.90. The van der Waals surface area contributed by atoms with Crippen molar-refractivity contribution in [3.8, 4) is 0 Å². The van der Waals surface area contributed by atoms with Gasteiger partial charge >= 0.3 is 0 Å². The number of rotatable bonds is 4. The Morgan fingerprint density at radius 1 is 1.24 bits per heavy atom. The van der Waals surface area contributed by atoms with Gasteiger partial charge < -0.3 is 15.5 Å². The van der Waals surface area contributed by atoms with Gasteiger partial charge in [0.2, 0.25) is 0 Å². The number of nitrogens with zero attached hydrogens (tertiary/aromatic N) is 1. The minimum absolute atomic E-state index is 0.154. The molecule has 0 unspecified atom stereocenters. The van der Waals surface area contributed by atoms with Gasteiger partial charge in [0.15, 0.2) is 5.76 Å². The van der Waals surface area contributed by atoms with Crippen LogP contribution in [0.15, 0.2) is 51.4 Å². The summed E-state index contributed by atoms with van der Waals surface area (Å²) in [5, 5.41) is 4.21. The predicted molar refractivity (Wildman–Crippen MR) is 84.0 cm³/mol. The third-order valence-corrected chi connectivity index (χ3v) is 3.66. The number of nitrogens with two attached hydrogens (primary N) is 1. The summed E-state index contributed by atoms with van der Waals surface area (Å²) in [6.45, 7) is 0.427. The third-order valence-electron chi connectivity index (χ3n) is 3.02. The number of para-hydroxylation sites is 1. The van der Waals surface area contributed by atoms with E-state index < -0.39 is 5.91 Å². The summed E-state index contributed by atoms with van der Waals surface area (Å²) in [6, 6.07) is 13.1. The van der Waals surface area contributed by atoms with Crippen LogP contribution in [0.5, 0.6) is 0 Å². The van der Waals surface area contributed by atoms with Crippen molar-refractivity contribution in [2.24, 2.45) is 5.73 Å². The SMILES string of the molecule is NC(=O)c1ccc(CNc2ccc3cccc(Br)c3n2)o1. The van der Waals surface area contributed by atoms with Gasteiger partial charge in [-0.25, -0.2) is 4.98 Å². The van der Waals surface area contributed by atoms with Gasteiger partial charge in [-0.1, -0.05) is 12.1 Å².